The summed E-state index contributed by atoms with van der Waals surface area (Å²) in [5.41, 5.74) is 0.839. The quantitative estimate of drug-likeness (QED) is 0.457. The fourth-order valence-electron chi connectivity index (χ4n) is 1.53. The molecule has 0 fully saturated rings. The van der Waals surface area contributed by atoms with Crippen molar-refractivity contribution < 1.29 is 44.2 Å². The Morgan fingerprint density at radius 3 is 2.37 bits per heavy atom. The monoisotopic (exact) mass is 271 g/mol. The van der Waals surface area contributed by atoms with Gasteiger partial charge in [0.2, 0.25) is 0 Å². The molecule has 19 heavy (non-hydrogen) atoms. The summed E-state index contributed by atoms with van der Waals surface area (Å²) in [4.78, 5) is 15.0. The van der Waals surface area contributed by atoms with E-state index >= 15 is 0 Å². The number of hydrogen-bond acceptors (Lipinski definition) is 4. The Hall–Kier alpha value is -0.840. The van der Waals surface area contributed by atoms with Gasteiger partial charge in [0.1, 0.15) is 5.75 Å². The van der Waals surface area contributed by atoms with Crippen LogP contribution in [0, 0.1) is 5.92 Å². The fourth-order valence-corrected chi connectivity index (χ4v) is 1.53. The number of carboxylic acid groups (broad SMARTS) is 1. The SMILES string of the molecule is COc1ccc(C=N[C@@H](CC(C)C)C(=O)[O-])cc1.[Na+]. The summed E-state index contributed by atoms with van der Waals surface area (Å²) in [6.45, 7) is 3.91. The van der Waals surface area contributed by atoms with Crippen LogP contribution in [-0.2, 0) is 4.79 Å². The summed E-state index contributed by atoms with van der Waals surface area (Å²) >= 11 is 0. The van der Waals surface area contributed by atoms with E-state index in [1.807, 2.05) is 26.0 Å². The van der Waals surface area contributed by atoms with E-state index in [9.17, 15) is 9.90 Å². The molecule has 1 atom stereocenters. The van der Waals surface area contributed by atoms with Gasteiger partial charge in [-0.05, 0) is 42.2 Å². The Bertz CT molecular complexity index is 415. The fraction of sp³-hybridized carbons (Fsp3) is 0.429. The second-order valence-corrected chi connectivity index (χ2v) is 4.52. The van der Waals surface area contributed by atoms with Crippen LogP contribution in [0.1, 0.15) is 25.8 Å². The van der Waals surface area contributed by atoms with Gasteiger partial charge in [0.25, 0.3) is 0 Å². The van der Waals surface area contributed by atoms with E-state index in [0.717, 1.165) is 11.3 Å². The van der Waals surface area contributed by atoms with Crippen LogP contribution in [0.4, 0.5) is 0 Å². The minimum Gasteiger partial charge on any atom is -0.548 e. The van der Waals surface area contributed by atoms with Crippen LogP contribution >= 0.6 is 0 Å². The molecule has 0 aliphatic carbocycles. The van der Waals surface area contributed by atoms with Crippen molar-refractivity contribution in [1.29, 1.82) is 0 Å². The van der Waals surface area contributed by atoms with E-state index in [1.54, 1.807) is 25.5 Å². The van der Waals surface area contributed by atoms with Crippen LogP contribution in [0.2, 0.25) is 0 Å². The van der Waals surface area contributed by atoms with Crippen molar-refractivity contribution in [3.63, 3.8) is 0 Å². The number of rotatable bonds is 6. The molecule has 0 unspecified atom stereocenters. The second kappa shape index (κ2) is 9.13. The average Bonchev–Trinajstić information content (AvgIpc) is 2.34. The molecule has 0 bridgehead atoms. The molecule has 0 N–H and O–H groups in total. The van der Waals surface area contributed by atoms with Crippen molar-refractivity contribution in [2.45, 2.75) is 26.3 Å². The van der Waals surface area contributed by atoms with Crippen molar-refractivity contribution in [1.82, 2.24) is 0 Å². The van der Waals surface area contributed by atoms with Crippen molar-refractivity contribution in [2.24, 2.45) is 10.9 Å². The van der Waals surface area contributed by atoms with Crippen molar-refractivity contribution in [3.05, 3.63) is 29.8 Å². The Morgan fingerprint density at radius 1 is 1.37 bits per heavy atom. The van der Waals surface area contributed by atoms with E-state index in [4.69, 9.17) is 4.74 Å². The van der Waals surface area contributed by atoms with E-state index in [-0.39, 0.29) is 35.5 Å². The second-order valence-electron chi connectivity index (χ2n) is 4.52. The minimum atomic E-state index is -1.13. The van der Waals surface area contributed by atoms with Crippen LogP contribution < -0.4 is 39.4 Å². The summed E-state index contributed by atoms with van der Waals surface area (Å²) in [6, 6.07) is 6.47. The topological polar surface area (TPSA) is 61.7 Å². The molecule has 0 amide bonds. The number of benzene rings is 1. The maximum absolute atomic E-state index is 10.9. The molecule has 0 radical (unpaired) electrons. The smallest absolute Gasteiger partial charge is 0.548 e. The predicted octanol–water partition coefficient (Wildman–Crippen LogP) is -1.72. The molecule has 98 valence electrons. The number of hydrogen-bond donors (Lipinski definition) is 0. The zero-order valence-corrected chi connectivity index (χ0v) is 13.9. The van der Waals surface area contributed by atoms with Gasteiger partial charge in [0.05, 0.1) is 19.1 Å². The summed E-state index contributed by atoms with van der Waals surface area (Å²) in [5.74, 6) is -0.111. The summed E-state index contributed by atoms with van der Waals surface area (Å²) in [7, 11) is 1.60. The standard InChI is InChI=1S/C14H19NO3.Na/c1-10(2)8-13(14(16)17)15-9-11-4-6-12(18-3)7-5-11;/h4-7,9-10,13H,8H2,1-3H3,(H,16,17);/q;+1/p-1/t13-;/m0./s1. The number of methoxy groups -OCH3 is 1. The first kappa shape index (κ1) is 18.2. The summed E-state index contributed by atoms with van der Waals surface area (Å²) in [6.07, 6.45) is 2.04. The average molecular weight is 271 g/mol. The van der Waals surface area contributed by atoms with Crippen molar-refractivity contribution >= 4 is 12.2 Å². The van der Waals surface area contributed by atoms with Gasteiger partial charge in [-0.1, -0.05) is 13.8 Å². The number of aliphatic imine (C=N–C) groups is 1. The summed E-state index contributed by atoms with van der Waals surface area (Å²) in [5, 5.41) is 10.9. The number of carbonyl (C=O) groups is 1. The number of carbonyl (C=O) groups excluding carboxylic acids is 1. The molecule has 0 aliphatic heterocycles. The van der Waals surface area contributed by atoms with Gasteiger partial charge in [-0.15, -0.1) is 0 Å². The van der Waals surface area contributed by atoms with Gasteiger partial charge >= 0.3 is 29.6 Å². The number of aliphatic carboxylic acids is 1. The molecule has 0 aliphatic rings. The first-order chi connectivity index (χ1) is 8.52. The first-order valence-corrected chi connectivity index (χ1v) is 5.91. The van der Waals surface area contributed by atoms with Gasteiger partial charge in [-0.3, -0.25) is 4.99 Å². The molecule has 0 aromatic heterocycles. The molecule has 5 heteroatoms. The molecular formula is C14H18NNaO3. The van der Waals surface area contributed by atoms with Gasteiger partial charge in [-0.2, -0.15) is 0 Å². The van der Waals surface area contributed by atoms with E-state index in [2.05, 4.69) is 4.99 Å². The number of nitrogens with zero attached hydrogens (tertiary/aromatic N) is 1. The molecule has 0 saturated carbocycles. The molecule has 0 spiro atoms. The molecule has 0 heterocycles. The molecule has 1 rings (SSSR count). The third-order valence-corrected chi connectivity index (χ3v) is 2.49. The van der Waals surface area contributed by atoms with Crippen LogP contribution in [0.25, 0.3) is 0 Å². The molecule has 4 nitrogen and oxygen atoms in total. The maximum Gasteiger partial charge on any atom is 1.00 e. The minimum absolute atomic E-state index is 0. The molecule has 1 aromatic carbocycles. The van der Waals surface area contributed by atoms with Gasteiger partial charge in [0.15, 0.2) is 0 Å². The van der Waals surface area contributed by atoms with Gasteiger partial charge in [0, 0.05) is 6.21 Å². The van der Waals surface area contributed by atoms with Crippen LogP contribution in [0.3, 0.4) is 0 Å². The van der Waals surface area contributed by atoms with Crippen LogP contribution in [0.15, 0.2) is 29.3 Å². The van der Waals surface area contributed by atoms with E-state index in [0.29, 0.717) is 6.42 Å². The maximum atomic E-state index is 10.9. The third-order valence-electron chi connectivity index (χ3n) is 2.49. The van der Waals surface area contributed by atoms with Gasteiger partial charge in [-0.25, -0.2) is 0 Å². The summed E-state index contributed by atoms with van der Waals surface area (Å²) < 4.78 is 5.04. The van der Waals surface area contributed by atoms with E-state index < -0.39 is 12.0 Å². The Labute approximate surface area is 136 Å². The Kier molecular flexibility index (Phi) is 8.72. The van der Waals surface area contributed by atoms with Crippen molar-refractivity contribution in [3.8, 4) is 5.75 Å². The van der Waals surface area contributed by atoms with Crippen LogP contribution in [-0.4, -0.2) is 25.3 Å². The molecular weight excluding hydrogens is 253 g/mol. The molecule has 1 aromatic rings. The third kappa shape index (κ3) is 6.76. The molecule has 0 saturated heterocycles. The Balaban J connectivity index is 0.00000324. The Morgan fingerprint density at radius 2 is 1.95 bits per heavy atom. The van der Waals surface area contributed by atoms with Crippen LogP contribution in [0.5, 0.6) is 5.75 Å². The normalized spacial score (nSPS) is 12.2. The largest absolute Gasteiger partial charge is 1.00 e. The van der Waals surface area contributed by atoms with Gasteiger partial charge < -0.3 is 14.6 Å². The number of ether oxygens (including phenoxy) is 1. The zero-order valence-electron chi connectivity index (χ0n) is 11.9. The zero-order chi connectivity index (χ0) is 13.5. The number of carboxylic acids is 1. The predicted molar refractivity (Wildman–Crippen MR) is 68.8 cm³/mol. The first-order valence-electron chi connectivity index (χ1n) is 5.91. The van der Waals surface area contributed by atoms with E-state index in [1.165, 1.54) is 0 Å². The van der Waals surface area contributed by atoms with Crippen molar-refractivity contribution in [2.75, 3.05) is 7.11 Å².